The Bertz CT molecular complexity index is 1210. The maximum absolute atomic E-state index is 12.9. The quantitative estimate of drug-likeness (QED) is 0.364. The summed E-state index contributed by atoms with van der Waals surface area (Å²) in [7, 11) is 0. The number of amides is 1. The molecular formula is C26H28ClN3O5. The van der Waals surface area contributed by atoms with Crippen LogP contribution in [0.15, 0.2) is 60.7 Å². The fourth-order valence-electron chi connectivity index (χ4n) is 4.12. The van der Waals surface area contributed by atoms with Gasteiger partial charge in [-0.1, -0.05) is 48.9 Å². The molecule has 184 valence electrons. The number of fused-ring (bicyclic) bond motifs is 1. The van der Waals surface area contributed by atoms with Crippen molar-refractivity contribution in [3.8, 4) is 0 Å². The van der Waals surface area contributed by atoms with Crippen LogP contribution in [0.5, 0.6) is 0 Å². The number of likely N-dealkylation sites (tertiary alicyclic amines) is 1. The second-order valence-electron chi connectivity index (χ2n) is 8.21. The van der Waals surface area contributed by atoms with E-state index in [1.54, 1.807) is 0 Å². The number of aliphatic carboxylic acids is 2. The molecule has 2 heterocycles. The van der Waals surface area contributed by atoms with Crippen LogP contribution in [0.4, 0.5) is 0 Å². The second-order valence-corrected chi connectivity index (χ2v) is 8.65. The number of rotatable bonds is 7. The number of carboxylic acid groups (broad SMARTS) is 2. The number of benzene rings is 2. The van der Waals surface area contributed by atoms with E-state index in [1.165, 1.54) is 5.56 Å². The lowest BCUT2D eigenvalue weighted by molar-refractivity contribution is -0.134. The van der Waals surface area contributed by atoms with Crippen molar-refractivity contribution in [3.63, 3.8) is 0 Å². The zero-order valence-corrected chi connectivity index (χ0v) is 20.1. The first-order valence-electron chi connectivity index (χ1n) is 11.3. The molecule has 1 unspecified atom stereocenters. The van der Waals surface area contributed by atoms with Crippen molar-refractivity contribution in [2.75, 3.05) is 13.1 Å². The van der Waals surface area contributed by atoms with Crippen molar-refractivity contribution >= 4 is 40.3 Å². The molecule has 0 spiro atoms. The van der Waals surface area contributed by atoms with Crippen molar-refractivity contribution in [3.05, 3.63) is 82.5 Å². The van der Waals surface area contributed by atoms with Gasteiger partial charge in [0.2, 0.25) is 0 Å². The lowest BCUT2D eigenvalue weighted by Crippen LogP contribution is -2.37. The van der Waals surface area contributed by atoms with Gasteiger partial charge in [0.25, 0.3) is 5.91 Å². The van der Waals surface area contributed by atoms with Crippen LogP contribution in [0.3, 0.4) is 0 Å². The fourth-order valence-corrected chi connectivity index (χ4v) is 4.29. The molecular weight excluding hydrogens is 470 g/mol. The van der Waals surface area contributed by atoms with Crippen molar-refractivity contribution in [1.82, 2.24) is 15.2 Å². The summed E-state index contributed by atoms with van der Waals surface area (Å²) in [6, 6.07) is 16.4. The van der Waals surface area contributed by atoms with E-state index in [2.05, 4.69) is 46.4 Å². The predicted octanol–water partition coefficient (Wildman–Crippen LogP) is 4.10. The Hall–Kier alpha value is -3.62. The first-order chi connectivity index (χ1) is 16.8. The van der Waals surface area contributed by atoms with Gasteiger partial charge in [0.1, 0.15) is 5.69 Å². The maximum atomic E-state index is 12.9. The molecule has 3 aromatic rings. The highest BCUT2D eigenvalue weighted by Gasteiger charge is 2.26. The molecule has 2 aromatic carbocycles. The Labute approximate surface area is 208 Å². The number of aryl methyl sites for hydroxylation is 1. The summed E-state index contributed by atoms with van der Waals surface area (Å²) in [4.78, 5) is 37.7. The van der Waals surface area contributed by atoms with E-state index in [0.717, 1.165) is 48.9 Å². The van der Waals surface area contributed by atoms with Gasteiger partial charge in [-0.3, -0.25) is 9.69 Å². The highest BCUT2D eigenvalue weighted by Crippen LogP contribution is 2.26. The Morgan fingerprint density at radius 3 is 2.43 bits per heavy atom. The van der Waals surface area contributed by atoms with Gasteiger partial charge >= 0.3 is 11.9 Å². The van der Waals surface area contributed by atoms with Gasteiger partial charge in [-0.25, -0.2) is 9.59 Å². The second kappa shape index (κ2) is 12.2. The summed E-state index contributed by atoms with van der Waals surface area (Å²) in [6.45, 7) is 4.88. The van der Waals surface area contributed by atoms with E-state index >= 15 is 0 Å². The van der Waals surface area contributed by atoms with E-state index < -0.39 is 11.9 Å². The highest BCUT2D eigenvalue weighted by atomic mass is 35.5. The van der Waals surface area contributed by atoms with Crippen LogP contribution >= 0.6 is 11.6 Å². The molecule has 1 saturated heterocycles. The Morgan fingerprint density at radius 1 is 1.11 bits per heavy atom. The van der Waals surface area contributed by atoms with Gasteiger partial charge in [-0.05, 0) is 42.2 Å². The third-order valence-corrected chi connectivity index (χ3v) is 5.91. The molecule has 35 heavy (non-hydrogen) atoms. The molecule has 4 rings (SSSR count). The number of halogens is 1. The largest absolute Gasteiger partial charge is 0.478 e. The number of nitrogens with one attached hydrogen (secondary N) is 2. The molecule has 0 saturated carbocycles. The minimum atomic E-state index is -1.26. The number of carbonyl (C=O) groups excluding carboxylic acids is 1. The normalized spacial score (nSPS) is 15.7. The van der Waals surface area contributed by atoms with Gasteiger partial charge in [0.15, 0.2) is 0 Å². The van der Waals surface area contributed by atoms with Gasteiger partial charge in [0, 0.05) is 53.8 Å². The number of carboxylic acids is 2. The summed E-state index contributed by atoms with van der Waals surface area (Å²) in [5.41, 5.74) is 3.96. The molecule has 0 radical (unpaired) electrons. The molecule has 9 heteroatoms. The minimum Gasteiger partial charge on any atom is -0.478 e. The summed E-state index contributed by atoms with van der Waals surface area (Å²) in [6.07, 6.45) is 2.88. The van der Waals surface area contributed by atoms with Crippen LogP contribution in [0.1, 0.15) is 35.0 Å². The van der Waals surface area contributed by atoms with Crippen LogP contribution in [0.2, 0.25) is 5.02 Å². The molecule has 1 amide bonds. The van der Waals surface area contributed by atoms with E-state index in [0.29, 0.717) is 22.9 Å². The van der Waals surface area contributed by atoms with Gasteiger partial charge in [-0.15, -0.1) is 0 Å². The SMILES string of the molecule is CCc1c(C(=O)NC2CCN(Cc3ccccc3)C2)[nH]c2ccc(Cl)cc12.O=C(O)C=CC(=O)O. The van der Waals surface area contributed by atoms with Crippen LogP contribution in [0, 0.1) is 0 Å². The number of aromatic nitrogens is 1. The average Bonchev–Trinajstić information content (AvgIpc) is 3.42. The Kier molecular flexibility index (Phi) is 9.05. The zero-order chi connectivity index (χ0) is 25.4. The van der Waals surface area contributed by atoms with E-state index in [1.807, 2.05) is 24.3 Å². The average molecular weight is 498 g/mol. The Morgan fingerprint density at radius 2 is 1.80 bits per heavy atom. The summed E-state index contributed by atoms with van der Waals surface area (Å²) in [5.74, 6) is -2.54. The molecule has 1 fully saturated rings. The van der Waals surface area contributed by atoms with Gasteiger partial charge in [0.05, 0.1) is 0 Å². The highest BCUT2D eigenvalue weighted by molar-refractivity contribution is 6.31. The lowest BCUT2D eigenvalue weighted by atomic mass is 10.1. The standard InChI is InChI=1S/C22H24ClN3O.C4H4O4/c1-2-18-19-12-16(23)8-9-20(19)25-21(18)22(27)24-17-10-11-26(14-17)13-15-6-4-3-5-7-15;5-3(6)1-2-4(7)8/h3-9,12,17,25H,2,10-11,13-14H2,1H3,(H,24,27);1-2H,(H,5,6)(H,7,8). The first-order valence-corrected chi connectivity index (χ1v) is 11.7. The predicted molar refractivity (Wildman–Crippen MR) is 135 cm³/mol. The van der Waals surface area contributed by atoms with E-state index in [-0.39, 0.29) is 11.9 Å². The first kappa shape index (κ1) is 26.0. The molecule has 1 atom stereocenters. The van der Waals surface area contributed by atoms with Crippen molar-refractivity contribution in [1.29, 1.82) is 0 Å². The third kappa shape index (κ3) is 7.43. The number of H-pyrrole nitrogens is 1. The molecule has 0 aliphatic carbocycles. The fraction of sp³-hybridized carbons (Fsp3) is 0.269. The Balaban J connectivity index is 0.000000371. The molecule has 8 nitrogen and oxygen atoms in total. The third-order valence-electron chi connectivity index (χ3n) is 5.67. The number of carbonyl (C=O) groups is 3. The number of hydrogen-bond acceptors (Lipinski definition) is 4. The zero-order valence-electron chi connectivity index (χ0n) is 19.3. The summed E-state index contributed by atoms with van der Waals surface area (Å²) >= 11 is 6.14. The van der Waals surface area contributed by atoms with E-state index in [9.17, 15) is 14.4 Å². The van der Waals surface area contributed by atoms with Crippen molar-refractivity contribution in [2.24, 2.45) is 0 Å². The maximum Gasteiger partial charge on any atom is 0.328 e. The van der Waals surface area contributed by atoms with Crippen LogP contribution in [-0.4, -0.2) is 57.1 Å². The molecule has 0 bridgehead atoms. The van der Waals surface area contributed by atoms with Crippen molar-refractivity contribution < 1.29 is 24.6 Å². The van der Waals surface area contributed by atoms with Crippen molar-refractivity contribution in [2.45, 2.75) is 32.4 Å². The van der Waals surface area contributed by atoms with Gasteiger partial charge < -0.3 is 20.5 Å². The monoisotopic (exact) mass is 497 g/mol. The number of hydrogen-bond donors (Lipinski definition) is 4. The van der Waals surface area contributed by atoms with E-state index in [4.69, 9.17) is 21.8 Å². The molecule has 1 aliphatic heterocycles. The van der Waals surface area contributed by atoms with Crippen LogP contribution in [0.25, 0.3) is 10.9 Å². The van der Waals surface area contributed by atoms with Crippen LogP contribution < -0.4 is 5.32 Å². The number of nitrogens with zero attached hydrogens (tertiary/aromatic N) is 1. The topological polar surface area (TPSA) is 123 Å². The molecule has 1 aromatic heterocycles. The summed E-state index contributed by atoms with van der Waals surface area (Å²) in [5, 5.41) is 20.6. The molecule has 1 aliphatic rings. The minimum absolute atomic E-state index is 0.0225. The lowest BCUT2D eigenvalue weighted by Gasteiger charge is -2.17. The molecule has 4 N–H and O–H groups in total. The van der Waals surface area contributed by atoms with Gasteiger partial charge in [-0.2, -0.15) is 0 Å². The summed E-state index contributed by atoms with van der Waals surface area (Å²) < 4.78 is 0. The smallest absolute Gasteiger partial charge is 0.328 e. The number of aromatic amines is 1. The van der Waals surface area contributed by atoms with Crippen LogP contribution in [-0.2, 0) is 22.6 Å².